The average molecular weight is 416 g/mol. The van der Waals surface area contributed by atoms with Gasteiger partial charge in [0.05, 0.1) is 19.9 Å². The van der Waals surface area contributed by atoms with Gasteiger partial charge in [-0.1, -0.05) is 42.5 Å². The first-order valence-corrected chi connectivity index (χ1v) is 10.3. The van der Waals surface area contributed by atoms with Crippen LogP contribution in [0.1, 0.15) is 10.4 Å². The monoisotopic (exact) mass is 415 g/mol. The number of ether oxygens (including phenoxy) is 2. The van der Waals surface area contributed by atoms with E-state index in [-0.39, 0.29) is 0 Å². The summed E-state index contributed by atoms with van der Waals surface area (Å²) in [7, 11) is 3.26. The lowest BCUT2D eigenvalue weighted by Crippen LogP contribution is -1.97. The van der Waals surface area contributed by atoms with Gasteiger partial charge in [0.1, 0.15) is 6.29 Å². The number of aldehydes is 1. The van der Waals surface area contributed by atoms with Gasteiger partial charge in [0.2, 0.25) is 0 Å². The minimum absolute atomic E-state index is 0.674. The Labute approximate surface area is 179 Å². The minimum Gasteiger partial charge on any atom is -0.493 e. The second-order valence-electron chi connectivity index (χ2n) is 6.65. The van der Waals surface area contributed by atoms with Gasteiger partial charge in [-0.25, -0.2) is 0 Å². The second kappa shape index (κ2) is 8.84. The van der Waals surface area contributed by atoms with Crippen molar-refractivity contribution in [1.29, 1.82) is 0 Å². The van der Waals surface area contributed by atoms with Crippen molar-refractivity contribution < 1.29 is 14.3 Å². The smallest absolute Gasteiger partial charge is 0.184 e. The van der Waals surface area contributed by atoms with Crippen LogP contribution in [0.5, 0.6) is 11.5 Å². The maximum atomic E-state index is 10.8. The normalized spacial score (nSPS) is 10.5. The molecule has 3 aromatic carbocycles. The van der Waals surface area contributed by atoms with Crippen LogP contribution in [-0.2, 0) is 0 Å². The summed E-state index contributed by atoms with van der Waals surface area (Å²) in [5.74, 6) is 1.36. The minimum atomic E-state index is 0.674. The van der Waals surface area contributed by atoms with Crippen molar-refractivity contribution in [1.82, 2.24) is 0 Å². The molecule has 0 aliphatic carbocycles. The Hall–Kier alpha value is -3.57. The fourth-order valence-corrected chi connectivity index (χ4v) is 4.25. The highest BCUT2D eigenvalue weighted by atomic mass is 32.1. The molecule has 0 amide bonds. The summed E-state index contributed by atoms with van der Waals surface area (Å²) in [5, 5.41) is 3.39. The predicted octanol–water partition coefficient (Wildman–Crippen LogP) is 6.66. The van der Waals surface area contributed by atoms with E-state index in [1.54, 1.807) is 25.6 Å². The number of anilines is 2. The molecule has 4 nitrogen and oxygen atoms in total. The van der Waals surface area contributed by atoms with Gasteiger partial charge in [0, 0.05) is 21.0 Å². The Morgan fingerprint density at radius 1 is 0.767 bits per heavy atom. The highest BCUT2D eigenvalue weighted by Crippen LogP contribution is 2.38. The molecule has 0 bridgehead atoms. The van der Waals surface area contributed by atoms with Crippen LogP contribution in [-0.4, -0.2) is 20.5 Å². The standard InChI is InChI=1S/C25H21NO3S/c1-28-22-5-3-4-21(25(22)29-2)26-20-12-10-19(11-13-20)24-15-14-23(30-24)18-8-6-17(16-27)7-9-18/h3-16,26H,1-2H3. The third-order valence-electron chi connectivity index (χ3n) is 4.79. The van der Waals surface area contributed by atoms with E-state index in [9.17, 15) is 4.79 Å². The van der Waals surface area contributed by atoms with E-state index in [4.69, 9.17) is 9.47 Å². The number of carbonyl (C=O) groups is 1. The molecule has 5 heteroatoms. The molecular formula is C25H21NO3S. The fourth-order valence-electron chi connectivity index (χ4n) is 3.23. The number of benzene rings is 3. The number of nitrogens with one attached hydrogen (secondary N) is 1. The van der Waals surface area contributed by atoms with Gasteiger partial charge >= 0.3 is 0 Å². The SMILES string of the molecule is COc1cccc(Nc2ccc(-c3ccc(-c4ccc(C=O)cc4)s3)cc2)c1OC. The van der Waals surface area contributed by atoms with Crippen molar-refractivity contribution in [3.63, 3.8) is 0 Å². The average Bonchev–Trinajstić information content (AvgIpc) is 3.29. The molecule has 0 saturated heterocycles. The van der Waals surface area contributed by atoms with E-state index in [1.165, 1.54) is 9.75 Å². The summed E-state index contributed by atoms with van der Waals surface area (Å²) in [6.45, 7) is 0. The van der Waals surface area contributed by atoms with Crippen LogP contribution in [0.3, 0.4) is 0 Å². The van der Waals surface area contributed by atoms with Crippen molar-refractivity contribution in [2.45, 2.75) is 0 Å². The zero-order valence-electron chi connectivity index (χ0n) is 16.7. The number of para-hydroxylation sites is 1. The lowest BCUT2D eigenvalue weighted by Gasteiger charge is -2.14. The molecule has 0 radical (unpaired) electrons. The van der Waals surface area contributed by atoms with Crippen molar-refractivity contribution in [3.8, 4) is 32.4 Å². The van der Waals surface area contributed by atoms with Gasteiger partial charge in [-0.2, -0.15) is 0 Å². The maximum absolute atomic E-state index is 10.8. The predicted molar refractivity (Wildman–Crippen MR) is 123 cm³/mol. The van der Waals surface area contributed by atoms with Crippen molar-refractivity contribution in [2.24, 2.45) is 0 Å². The van der Waals surface area contributed by atoms with Gasteiger partial charge in [-0.05, 0) is 47.5 Å². The Kier molecular flexibility index (Phi) is 5.82. The second-order valence-corrected chi connectivity index (χ2v) is 7.73. The molecule has 4 aromatic rings. The van der Waals surface area contributed by atoms with E-state index in [2.05, 4.69) is 29.6 Å². The molecule has 1 aromatic heterocycles. The van der Waals surface area contributed by atoms with Crippen LogP contribution in [0.2, 0.25) is 0 Å². The van der Waals surface area contributed by atoms with Gasteiger partial charge < -0.3 is 14.8 Å². The zero-order valence-corrected chi connectivity index (χ0v) is 17.5. The van der Waals surface area contributed by atoms with Gasteiger partial charge in [-0.15, -0.1) is 11.3 Å². The Morgan fingerprint density at radius 2 is 1.40 bits per heavy atom. The third-order valence-corrected chi connectivity index (χ3v) is 5.97. The van der Waals surface area contributed by atoms with Crippen molar-refractivity contribution >= 4 is 29.0 Å². The molecule has 0 fully saturated rings. The summed E-state index contributed by atoms with van der Waals surface area (Å²) in [5.41, 5.74) is 4.76. The highest BCUT2D eigenvalue weighted by Gasteiger charge is 2.10. The quantitative estimate of drug-likeness (QED) is 0.343. The number of rotatable bonds is 7. The highest BCUT2D eigenvalue weighted by molar-refractivity contribution is 7.18. The van der Waals surface area contributed by atoms with E-state index in [0.29, 0.717) is 17.1 Å². The van der Waals surface area contributed by atoms with Gasteiger partial charge in [0.25, 0.3) is 0 Å². The molecule has 1 N–H and O–H groups in total. The molecule has 0 spiro atoms. The molecule has 1 heterocycles. The number of hydrogen-bond donors (Lipinski definition) is 1. The van der Waals surface area contributed by atoms with Crippen LogP contribution >= 0.6 is 11.3 Å². The molecule has 0 saturated carbocycles. The maximum Gasteiger partial charge on any atom is 0.184 e. The first-order valence-electron chi connectivity index (χ1n) is 9.45. The van der Waals surface area contributed by atoms with Crippen LogP contribution in [0.25, 0.3) is 20.9 Å². The topological polar surface area (TPSA) is 47.6 Å². The van der Waals surface area contributed by atoms with E-state index < -0.39 is 0 Å². The first kappa shape index (κ1) is 19.7. The molecule has 0 aliphatic rings. The Balaban J connectivity index is 1.53. The summed E-state index contributed by atoms with van der Waals surface area (Å²) in [6.07, 6.45) is 0.861. The van der Waals surface area contributed by atoms with Crippen LogP contribution in [0, 0.1) is 0 Å². The van der Waals surface area contributed by atoms with Crippen molar-refractivity contribution in [2.75, 3.05) is 19.5 Å². The van der Waals surface area contributed by atoms with E-state index in [0.717, 1.165) is 28.8 Å². The molecule has 0 aliphatic heterocycles. The number of thiophene rings is 1. The molecule has 4 rings (SSSR count). The van der Waals surface area contributed by atoms with Crippen molar-refractivity contribution in [3.05, 3.63) is 84.4 Å². The lowest BCUT2D eigenvalue weighted by molar-refractivity contribution is 0.112. The summed E-state index contributed by atoms with van der Waals surface area (Å²) in [6, 6.07) is 25.9. The van der Waals surface area contributed by atoms with E-state index >= 15 is 0 Å². The molecule has 150 valence electrons. The number of carbonyl (C=O) groups excluding carboxylic acids is 1. The van der Waals surface area contributed by atoms with Gasteiger partial charge in [-0.3, -0.25) is 4.79 Å². The largest absolute Gasteiger partial charge is 0.493 e. The van der Waals surface area contributed by atoms with E-state index in [1.807, 2.05) is 54.6 Å². The summed E-state index contributed by atoms with van der Waals surface area (Å²) in [4.78, 5) is 13.2. The zero-order chi connectivity index (χ0) is 20.9. The fraction of sp³-hybridized carbons (Fsp3) is 0.0800. The third kappa shape index (κ3) is 4.07. The van der Waals surface area contributed by atoms with Gasteiger partial charge in [0.15, 0.2) is 11.5 Å². The van der Waals surface area contributed by atoms with Crippen LogP contribution in [0.4, 0.5) is 11.4 Å². The summed E-state index contributed by atoms with van der Waals surface area (Å²) >= 11 is 1.73. The molecule has 30 heavy (non-hydrogen) atoms. The number of hydrogen-bond acceptors (Lipinski definition) is 5. The Morgan fingerprint density at radius 3 is 1.97 bits per heavy atom. The number of methoxy groups -OCH3 is 2. The molecule has 0 atom stereocenters. The summed E-state index contributed by atoms with van der Waals surface area (Å²) < 4.78 is 10.8. The van der Waals surface area contributed by atoms with Crippen LogP contribution < -0.4 is 14.8 Å². The van der Waals surface area contributed by atoms with Crippen LogP contribution in [0.15, 0.2) is 78.9 Å². The Bertz CT molecular complexity index is 1150. The molecular weight excluding hydrogens is 394 g/mol. The first-order chi connectivity index (χ1) is 14.7. The lowest BCUT2D eigenvalue weighted by atomic mass is 10.1. The molecule has 0 unspecified atom stereocenters.